The van der Waals surface area contributed by atoms with Crippen LogP contribution in [0.3, 0.4) is 0 Å². The highest BCUT2D eigenvalue weighted by molar-refractivity contribution is 8.18. The molecule has 0 aromatic heterocycles. The largest absolute Gasteiger partial charge is 0.380 e. The SMILES string of the molecule is CCOCCN1C(=O)/C(=C/c2ccc(N3CCCCC3)cc2C)SC1=Nc1ccccc1. The van der Waals surface area contributed by atoms with Crippen LogP contribution in [0.4, 0.5) is 11.4 Å². The average molecular weight is 450 g/mol. The van der Waals surface area contributed by atoms with Crippen molar-refractivity contribution >= 4 is 40.3 Å². The topological polar surface area (TPSA) is 45.1 Å². The molecule has 0 bridgehead atoms. The normalized spacial score (nSPS) is 19.4. The summed E-state index contributed by atoms with van der Waals surface area (Å²) in [5, 5.41) is 0.703. The van der Waals surface area contributed by atoms with Crippen molar-refractivity contribution in [1.82, 2.24) is 4.90 Å². The van der Waals surface area contributed by atoms with Gasteiger partial charge >= 0.3 is 0 Å². The van der Waals surface area contributed by atoms with Gasteiger partial charge in [-0.25, -0.2) is 4.99 Å². The standard InChI is InChI=1S/C26H31N3O2S/c1-3-31-17-16-29-25(30)24(32-26(29)27-22-10-6-4-7-11-22)19-21-12-13-23(18-20(21)2)28-14-8-5-9-15-28/h4,6-7,10-13,18-19H,3,5,8-9,14-17H2,1-2H3/b24-19-,27-26?. The van der Waals surface area contributed by atoms with Crippen LogP contribution in [0, 0.1) is 6.92 Å². The van der Waals surface area contributed by atoms with Crippen molar-refractivity contribution in [3.8, 4) is 0 Å². The fourth-order valence-corrected chi connectivity index (χ4v) is 5.03. The van der Waals surface area contributed by atoms with E-state index in [9.17, 15) is 4.79 Å². The van der Waals surface area contributed by atoms with Gasteiger partial charge in [-0.1, -0.05) is 24.3 Å². The number of ether oxygens (including phenoxy) is 1. The van der Waals surface area contributed by atoms with Crippen molar-refractivity contribution in [1.29, 1.82) is 0 Å². The second-order valence-electron chi connectivity index (χ2n) is 8.08. The number of anilines is 1. The molecule has 0 N–H and O–H groups in total. The molecule has 2 fully saturated rings. The van der Waals surface area contributed by atoms with Gasteiger partial charge in [0.25, 0.3) is 5.91 Å². The third-order valence-electron chi connectivity index (χ3n) is 5.79. The average Bonchev–Trinajstić information content (AvgIpc) is 3.10. The Labute approximate surface area is 195 Å². The Morgan fingerprint density at radius 1 is 1.09 bits per heavy atom. The summed E-state index contributed by atoms with van der Waals surface area (Å²) >= 11 is 1.44. The van der Waals surface area contributed by atoms with E-state index in [4.69, 9.17) is 9.73 Å². The number of amides is 1. The maximum absolute atomic E-state index is 13.2. The van der Waals surface area contributed by atoms with Gasteiger partial charge in [0, 0.05) is 25.4 Å². The van der Waals surface area contributed by atoms with E-state index in [2.05, 4.69) is 30.0 Å². The Balaban J connectivity index is 1.58. The monoisotopic (exact) mass is 449 g/mol. The molecule has 0 atom stereocenters. The summed E-state index contributed by atoms with van der Waals surface area (Å²) < 4.78 is 5.50. The summed E-state index contributed by atoms with van der Waals surface area (Å²) in [6.45, 7) is 7.95. The molecule has 2 aromatic carbocycles. The lowest BCUT2D eigenvalue weighted by atomic mass is 10.0. The molecule has 0 spiro atoms. The molecule has 1 amide bonds. The van der Waals surface area contributed by atoms with E-state index in [0.29, 0.717) is 29.8 Å². The molecule has 6 heteroatoms. The van der Waals surface area contributed by atoms with Gasteiger partial charge in [0.1, 0.15) is 0 Å². The molecule has 0 saturated carbocycles. The summed E-state index contributed by atoms with van der Waals surface area (Å²) in [5.74, 6) is -0.0103. The second-order valence-corrected chi connectivity index (χ2v) is 9.09. The van der Waals surface area contributed by atoms with E-state index in [1.807, 2.05) is 43.3 Å². The Hall–Kier alpha value is -2.57. The van der Waals surface area contributed by atoms with Crippen LogP contribution in [0.2, 0.25) is 0 Å². The number of aliphatic imine (C=N–C) groups is 1. The van der Waals surface area contributed by atoms with Crippen LogP contribution in [0.25, 0.3) is 6.08 Å². The van der Waals surface area contributed by atoms with Gasteiger partial charge in [-0.05, 0) is 86.3 Å². The first kappa shape index (κ1) is 22.6. The van der Waals surface area contributed by atoms with E-state index in [1.165, 1.54) is 42.3 Å². The van der Waals surface area contributed by atoms with Crippen LogP contribution in [-0.2, 0) is 9.53 Å². The van der Waals surface area contributed by atoms with Crippen LogP contribution >= 0.6 is 11.8 Å². The number of para-hydroxylation sites is 1. The summed E-state index contributed by atoms with van der Waals surface area (Å²) in [5.41, 5.74) is 4.38. The van der Waals surface area contributed by atoms with Crippen LogP contribution in [0.1, 0.15) is 37.3 Å². The number of nitrogens with zero attached hydrogens (tertiary/aromatic N) is 3. The number of piperidine rings is 1. The van der Waals surface area contributed by atoms with Crippen molar-refractivity contribution in [2.45, 2.75) is 33.1 Å². The molecule has 2 saturated heterocycles. The fourth-order valence-electron chi connectivity index (χ4n) is 4.01. The molecular weight excluding hydrogens is 418 g/mol. The highest BCUT2D eigenvalue weighted by atomic mass is 32.2. The van der Waals surface area contributed by atoms with Gasteiger partial charge in [-0.3, -0.25) is 9.69 Å². The molecule has 2 aromatic rings. The number of rotatable bonds is 7. The molecule has 32 heavy (non-hydrogen) atoms. The van der Waals surface area contributed by atoms with Crippen LogP contribution in [0.5, 0.6) is 0 Å². The number of carbonyl (C=O) groups is 1. The molecule has 2 heterocycles. The van der Waals surface area contributed by atoms with Crippen molar-refractivity contribution in [3.05, 3.63) is 64.6 Å². The molecule has 0 unspecified atom stereocenters. The molecule has 2 aliphatic heterocycles. The fraction of sp³-hybridized carbons (Fsp3) is 0.385. The van der Waals surface area contributed by atoms with Gasteiger partial charge in [-0.2, -0.15) is 0 Å². The van der Waals surface area contributed by atoms with Crippen molar-refractivity contribution in [3.63, 3.8) is 0 Å². The van der Waals surface area contributed by atoms with Gasteiger partial charge in [0.05, 0.1) is 23.7 Å². The van der Waals surface area contributed by atoms with Gasteiger partial charge in [0.15, 0.2) is 5.17 Å². The highest BCUT2D eigenvalue weighted by Crippen LogP contribution is 2.35. The smallest absolute Gasteiger partial charge is 0.266 e. The third-order valence-corrected chi connectivity index (χ3v) is 6.80. The Morgan fingerprint density at radius 3 is 2.59 bits per heavy atom. The molecule has 0 radical (unpaired) electrons. The van der Waals surface area contributed by atoms with E-state index in [0.717, 1.165) is 24.3 Å². The number of aryl methyl sites for hydroxylation is 1. The van der Waals surface area contributed by atoms with Gasteiger partial charge in [0.2, 0.25) is 0 Å². The van der Waals surface area contributed by atoms with Crippen molar-refractivity contribution in [2.75, 3.05) is 37.7 Å². The summed E-state index contributed by atoms with van der Waals surface area (Å²) in [7, 11) is 0. The van der Waals surface area contributed by atoms with Crippen LogP contribution in [0.15, 0.2) is 58.4 Å². The Bertz CT molecular complexity index is 997. The lowest BCUT2D eigenvalue weighted by molar-refractivity contribution is -0.122. The van der Waals surface area contributed by atoms with E-state index >= 15 is 0 Å². The molecule has 168 valence electrons. The number of amidine groups is 1. The van der Waals surface area contributed by atoms with E-state index in [-0.39, 0.29) is 5.91 Å². The van der Waals surface area contributed by atoms with Gasteiger partial charge < -0.3 is 9.64 Å². The predicted molar refractivity (Wildman–Crippen MR) is 135 cm³/mol. The van der Waals surface area contributed by atoms with Crippen molar-refractivity contribution in [2.24, 2.45) is 4.99 Å². The lowest BCUT2D eigenvalue weighted by Crippen LogP contribution is -2.32. The zero-order chi connectivity index (χ0) is 22.3. The lowest BCUT2D eigenvalue weighted by Gasteiger charge is -2.29. The molecule has 2 aliphatic rings. The molecule has 0 aliphatic carbocycles. The minimum absolute atomic E-state index is 0.0103. The zero-order valence-electron chi connectivity index (χ0n) is 18.9. The minimum atomic E-state index is -0.0103. The third kappa shape index (κ3) is 5.43. The summed E-state index contributed by atoms with van der Waals surface area (Å²) in [4.78, 5) is 22.9. The maximum Gasteiger partial charge on any atom is 0.266 e. The van der Waals surface area contributed by atoms with E-state index < -0.39 is 0 Å². The molecule has 5 nitrogen and oxygen atoms in total. The van der Waals surface area contributed by atoms with Crippen molar-refractivity contribution < 1.29 is 9.53 Å². The molecule has 4 rings (SSSR count). The Kier molecular flexibility index (Phi) is 7.66. The number of benzene rings is 2. The van der Waals surface area contributed by atoms with Crippen LogP contribution in [-0.4, -0.2) is 48.8 Å². The maximum atomic E-state index is 13.2. The zero-order valence-corrected chi connectivity index (χ0v) is 19.7. The summed E-state index contributed by atoms with van der Waals surface area (Å²) in [6.07, 6.45) is 5.85. The number of hydrogen-bond acceptors (Lipinski definition) is 5. The first-order valence-corrected chi connectivity index (χ1v) is 12.3. The number of hydrogen-bond donors (Lipinski definition) is 0. The predicted octanol–water partition coefficient (Wildman–Crippen LogP) is 5.63. The first-order chi connectivity index (χ1) is 15.7. The Morgan fingerprint density at radius 2 is 1.88 bits per heavy atom. The highest BCUT2D eigenvalue weighted by Gasteiger charge is 2.33. The second kappa shape index (κ2) is 10.8. The first-order valence-electron chi connectivity index (χ1n) is 11.4. The molecular formula is C26H31N3O2S. The van der Waals surface area contributed by atoms with Gasteiger partial charge in [-0.15, -0.1) is 0 Å². The minimum Gasteiger partial charge on any atom is -0.380 e. The van der Waals surface area contributed by atoms with Crippen LogP contribution < -0.4 is 4.90 Å². The summed E-state index contributed by atoms with van der Waals surface area (Å²) in [6, 6.07) is 16.3. The number of carbonyl (C=O) groups excluding carboxylic acids is 1. The quantitative estimate of drug-likeness (QED) is 0.406. The van der Waals surface area contributed by atoms with E-state index in [1.54, 1.807) is 4.90 Å². The number of thioether (sulfide) groups is 1.